The van der Waals surface area contributed by atoms with Gasteiger partial charge in [0.2, 0.25) is 5.91 Å². The van der Waals surface area contributed by atoms with E-state index in [1.165, 1.54) is 31.2 Å². The van der Waals surface area contributed by atoms with Crippen molar-refractivity contribution >= 4 is 18.0 Å². The fraction of sp³-hybridized carbons (Fsp3) is 0.438. The van der Waals surface area contributed by atoms with E-state index in [1.807, 2.05) is 12.1 Å². The lowest BCUT2D eigenvalue weighted by molar-refractivity contribution is -0.198. The van der Waals surface area contributed by atoms with Crippen LogP contribution in [0.25, 0.3) is 6.08 Å². The smallest absolute Gasteiger partial charge is 0.416 e. The SMILES string of the molecule is C=CCN1CC[C@]23c4c5ccc(OC(C)=O)c4O[C@H]2[C@@H](N(C)C(=O)C=Cc2cccc(C(F)(F)F)c2)CC[C@@]3(O)[C@H]1C5. The molecule has 2 heterocycles. The molecule has 6 rings (SSSR count). The minimum absolute atomic E-state index is 0.184. The molecule has 222 valence electrons. The Bertz CT molecular complexity index is 1490. The summed E-state index contributed by atoms with van der Waals surface area (Å²) in [5.74, 6) is -0.156. The maximum absolute atomic E-state index is 13.4. The van der Waals surface area contributed by atoms with Crippen LogP contribution >= 0.6 is 0 Å². The molecule has 5 atom stereocenters. The number of rotatable bonds is 6. The molecule has 2 aromatic carbocycles. The Balaban J connectivity index is 1.37. The quantitative estimate of drug-likeness (QED) is 0.234. The van der Waals surface area contributed by atoms with Crippen LogP contribution in [0.2, 0.25) is 0 Å². The summed E-state index contributed by atoms with van der Waals surface area (Å²) >= 11 is 0. The fourth-order valence-electron chi connectivity index (χ4n) is 7.88. The summed E-state index contributed by atoms with van der Waals surface area (Å²) in [7, 11) is 1.65. The Morgan fingerprint density at radius 2 is 2.05 bits per heavy atom. The fourth-order valence-corrected chi connectivity index (χ4v) is 7.88. The number of halogens is 3. The van der Waals surface area contributed by atoms with E-state index in [2.05, 4.69) is 11.5 Å². The van der Waals surface area contributed by atoms with E-state index < -0.39 is 46.8 Å². The minimum Gasteiger partial charge on any atom is -0.483 e. The standard InChI is InChI=1S/C32H33F3N2O5/c1-4-15-37-16-14-30-27-21-9-10-24(41-19(2)38)28(27)42-29(30)23(12-13-31(30,40)25(37)18-21)36(3)26(39)11-8-20-6-5-7-22(17-20)32(33,34)35/h4-11,17,23,25,29,40H,1,12-16,18H2,2-3H3/t23-,25+,29-,30-,31+/m0/s1. The van der Waals surface area contributed by atoms with Gasteiger partial charge in [-0.25, -0.2) is 0 Å². The maximum Gasteiger partial charge on any atom is 0.416 e. The Morgan fingerprint density at radius 1 is 1.26 bits per heavy atom. The van der Waals surface area contributed by atoms with Crippen molar-refractivity contribution in [2.45, 2.75) is 68.0 Å². The lowest BCUT2D eigenvalue weighted by atomic mass is 9.48. The first kappa shape index (κ1) is 28.5. The molecule has 0 radical (unpaired) electrons. The molecule has 1 spiro atoms. The van der Waals surface area contributed by atoms with Gasteiger partial charge in [0.25, 0.3) is 0 Å². The molecule has 10 heteroatoms. The van der Waals surface area contributed by atoms with Crippen molar-refractivity contribution in [1.29, 1.82) is 0 Å². The first-order valence-electron chi connectivity index (χ1n) is 14.1. The van der Waals surface area contributed by atoms with Gasteiger partial charge >= 0.3 is 12.1 Å². The van der Waals surface area contributed by atoms with Crippen molar-refractivity contribution in [1.82, 2.24) is 9.80 Å². The normalized spacial score (nSPS) is 29.5. The number of likely N-dealkylation sites (N-methyl/N-ethyl adjacent to an activating group) is 1. The number of piperidine rings is 1. The number of alkyl halides is 3. The number of carbonyl (C=O) groups excluding carboxylic acids is 2. The molecule has 42 heavy (non-hydrogen) atoms. The van der Waals surface area contributed by atoms with Gasteiger partial charge < -0.3 is 19.5 Å². The van der Waals surface area contributed by atoms with Crippen LogP contribution in [-0.2, 0) is 27.6 Å². The van der Waals surface area contributed by atoms with Gasteiger partial charge in [-0.15, -0.1) is 6.58 Å². The van der Waals surface area contributed by atoms with Crippen molar-refractivity contribution in [2.24, 2.45) is 0 Å². The zero-order valence-electron chi connectivity index (χ0n) is 23.5. The lowest BCUT2D eigenvalue weighted by Gasteiger charge is -2.64. The average Bonchev–Trinajstić information content (AvgIpc) is 3.29. The zero-order chi connectivity index (χ0) is 30.0. The molecule has 1 N–H and O–H groups in total. The highest BCUT2D eigenvalue weighted by Crippen LogP contribution is 2.66. The Hall–Kier alpha value is -3.63. The molecule has 0 aromatic heterocycles. The maximum atomic E-state index is 13.4. The number of amides is 1. The number of benzene rings is 2. The Labute approximate surface area is 242 Å². The number of hydrogen-bond donors (Lipinski definition) is 1. The molecule has 2 aliphatic heterocycles. The third-order valence-electron chi connectivity index (χ3n) is 9.62. The van der Waals surface area contributed by atoms with Crippen molar-refractivity contribution in [2.75, 3.05) is 20.1 Å². The summed E-state index contributed by atoms with van der Waals surface area (Å²) in [6, 6.07) is 7.82. The molecule has 2 aliphatic carbocycles. The number of ether oxygens (including phenoxy) is 2. The monoisotopic (exact) mass is 582 g/mol. The van der Waals surface area contributed by atoms with E-state index in [0.29, 0.717) is 44.5 Å². The van der Waals surface area contributed by atoms with Gasteiger partial charge in [0.15, 0.2) is 11.5 Å². The second-order valence-corrected chi connectivity index (χ2v) is 11.7. The Kier molecular flexibility index (Phi) is 6.77. The topological polar surface area (TPSA) is 79.3 Å². The third-order valence-corrected chi connectivity index (χ3v) is 9.62. The number of esters is 1. The molecule has 2 aromatic rings. The molecule has 1 saturated carbocycles. The molecular formula is C32H33F3N2O5. The van der Waals surface area contributed by atoms with E-state index in [4.69, 9.17) is 9.47 Å². The Morgan fingerprint density at radius 3 is 2.76 bits per heavy atom. The van der Waals surface area contributed by atoms with E-state index in [-0.39, 0.29) is 17.4 Å². The third kappa shape index (κ3) is 4.18. The summed E-state index contributed by atoms with van der Waals surface area (Å²) in [6.07, 6.45) is 1.41. The minimum atomic E-state index is -4.49. The molecule has 2 fully saturated rings. The molecule has 4 aliphatic rings. The van der Waals surface area contributed by atoms with Crippen LogP contribution < -0.4 is 9.47 Å². The number of aliphatic hydroxyl groups is 1. The number of nitrogens with zero attached hydrogens (tertiary/aromatic N) is 2. The van der Waals surface area contributed by atoms with Gasteiger partial charge in [0.05, 0.1) is 22.6 Å². The van der Waals surface area contributed by atoms with E-state index in [1.54, 1.807) is 18.0 Å². The summed E-state index contributed by atoms with van der Waals surface area (Å²) in [6.45, 7) is 6.54. The molecule has 2 bridgehead atoms. The summed E-state index contributed by atoms with van der Waals surface area (Å²) in [4.78, 5) is 29.2. The molecular weight excluding hydrogens is 549 g/mol. The van der Waals surface area contributed by atoms with E-state index in [9.17, 15) is 27.9 Å². The zero-order valence-corrected chi connectivity index (χ0v) is 23.5. The van der Waals surface area contributed by atoms with E-state index >= 15 is 0 Å². The second-order valence-electron chi connectivity index (χ2n) is 11.7. The highest BCUT2D eigenvalue weighted by molar-refractivity contribution is 5.92. The van der Waals surface area contributed by atoms with Gasteiger partial charge in [-0.05, 0) is 67.6 Å². The number of carbonyl (C=O) groups is 2. The van der Waals surface area contributed by atoms with E-state index in [0.717, 1.165) is 23.3 Å². The van der Waals surface area contributed by atoms with Crippen LogP contribution in [0.5, 0.6) is 11.5 Å². The van der Waals surface area contributed by atoms with Crippen LogP contribution in [0.4, 0.5) is 13.2 Å². The molecule has 0 unspecified atom stereocenters. The molecule has 7 nitrogen and oxygen atoms in total. The van der Waals surface area contributed by atoms with Crippen LogP contribution in [0.15, 0.2) is 55.1 Å². The molecule has 1 amide bonds. The summed E-state index contributed by atoms with van der Waals surface area (Å²) < 4.78 is 51.7. The van der Waals surface area contributed by atoms with Crippen molar-refractivity contribution in [3.8, 4) is 11.5 Å². The van der Waals surface area contributed by atoms with Crippen LogP contribution in [0, 0.1) is 0 Å². The first-order chi connectivity index (χ1) is 19.9. The van der Waals surface area contributed by atoms with Crippen LogP contribution in [0.1, 0.15) is 48.4 Å². The highest BCUT2D eigenvalue weighted by Gasteiger charge is 2.73. The summed E-state index contributed by atoms with van der Waals surface area (Å²) in [5.41, 5.74) is -0.647. The van der Waals surface area contributed by atoms with Crippen molar-refractivity contribution in [3.63, 3.8) is 0 Å². The predicted molar refractivity (Wildman–Crippen MR) is 149 cm³/mol. The summed E-state index contributed by atoms with van der Waals surface area (Å²) in [5, 5.41) is 12.6. The van der Waals surface area contributed by atoms with Crippen LogP contribution in [-0.4, -0.2) is 70.7 Å². The molecule has 1 saturated heterocycles. The first-order valence-corrected chi connectivity index (χ1v) is 14.1. The van der Waals surface area contributed by atoms with Crippen molar-refractivity contribution in [3.05, 3.63) is 77.4 Å². The second kappa shape index (κ2) is 9.98. The van der Waals surface area contributed by atoms with Gasteiger partial charge in [-0.1, -0.05) is 24.3 Å². The highest BCUT2D eigenvalue weighted by atomic mass is 19.4. The average molecular weight is 583 g/mol. The number of likely N-dealkylation sites (tertiary alicyclic amines) is 1. The largest absolute Gasteiger partial charge is 0.483 e. The van der Waals surface area contributed by atoms with Crippen molar-refractivity contribution < 1.29 is 37.3 Å². The lowest BCUT2D eigenvalue weighted by Crippen LogP contribution is -2.78. The van der Waals surface area contributed by atoms with Gasteiger partial charge in [-0.3, -0.25) is 14.5 Å². The van der Waals surface area contributed by atoms with Gasteiger partial charge in [-0.2, -0.15) is 13.2 Å². The van der Waals surface area contributed by atoms with Gasteiger partial charge in [0, 0.05) is 38.2 Å². The van der Waals surface area contributed by atoms with Crippen LogP contribution in [0.3, 0.4) is 0 Å². The predicted octanol–water partition coefficient (Wildman–Crippen LogP) is 4.51. The number of hydrogen-bond acceptors (Lipinski definition) is 6. The van der Waals surface area contributed by atoms with Gasteiger partial charge in [0.1, 0.15) is 6.10 Å².